The summed E-state index contributed by atoms with van der Waals surface area (Å²) in [5, 5.41) is 3.23. The highest BCUT2D eigenvalue weighted by Crippen LogP contribution is 2.37. The van der Waals surface area contributed by atoms with Crippen molar-refractivity contribution in [3.63, 3.8) is 0 Å². The van der Waals surface area contributed by atoms with Gasteiger partial charge in [0.15, 0.2) is 0 Å². The van der Waals surface area contributed by atoms with Crippen LogP contribution in [0.15, 0.2) is 0 Å². The highest BCUT2D eigenvalue weighted by molar-refractivity contribution is 5.85. The molecule has 0 spiro atoms. The summed E-state index contributed by atoms with van der Waals surface area (Å²) in [5.41, 5.74) is 5.20. The summed E-state index contributed by atoms with van der Waals surface area (Å²) in [6.45, 7) is 3.41. The standard InChI is InChI=1S/C16H32N4O/c1-18-16(15(17)21)9-4-6-13(16)8-11-19(2)12-14-7-5-10-20(14)3/h13-14,18H,4-12H2,1-3H3,(H2,17,21). The number of likely N-dealkylation sites (N-methyl/N-ethyl adjacent to an activating group) is 3. The SMILES string of the molecule is CNC1(C(N)=O)CCCC1CCN(C)CC1CCCN1C. The zero-order chi connectivity index (χ0) is 15.5. The number of hydrogen-bond acceptors (Lipinski definition) is 4. The molecular formula is C16H32N4O. The lowest BCUT2D eigenvalue weighted by Crippen LogP contribution is -2.56. The topological polar surface area (TPSA) is 61.6 Å². The molecule has 5 nitrogen and oxygen atoms in total. The molecule has 0 radical (unpaired) electrons. The van der Waals surface area contributed by atoms with Gasteiger partial charge < -0.3 is 20.9 Å². The monoisotopic (exact) mass is 296 g/mol. The number of carbonyl (C=O) groups excluding carboxylic acids is 1. The zero-order valence-electron chi connectivity index (χ0n) is 13.9. The Balaban J connectivity index is 1.82. The van der Waals surface area contributed by atoms with Gasteiger partial charge in [-0.15, -0.1) is 0 Å². The Bertz CT molecular complexity index is 362. The fraction of sp³-hybridized carbons (Fsp3) is 0.938. The first-order chi connectivity index (χ1) is 9.99. The van der Waals surface area contributed by atoms with Crippen LogP contribution < -0.4 is 11.1 Å². The van der Waals surface area contributed by atoms with E-state index in [1.54, 1.807) is 0 Å². The molecule has 122 valence electrons. The van der Waals surface area contributed by atoms with Gasteiger partial charge in [0.05, 0.1) is 0 Å². The minimum Gasteiger partial charge on any atom is -0.368 e. The molecule has 5 heteroatoms. The largest absolute Gasteiger partial charge is 0.368 e. The van der Waals surface area contributed by atoms with Crippen LogP contribution in [0.3, 0.4) is 0 Å². The van der Waals surface area contributed by atoms with Crippen molar-refractivity contribution < 1.29 is 4.79 Å². The normalized spacial score (nSPS) is 33.9. The Morgan fingerprint density at radius 1 is 1.43 bits per heavy atom. The summed E-state index contributed by atoms with van der Waals surface area (Å²) in [6.07, 6.45) is 6.79. The Morgan fingerprint density at radius 3 is 2.76 bits per heavy atom. The van der Waals surface area contributed by atoms with Crippen molar-refractivity contribution >= 4 is 5.91 Å². The number of nitrogens with one attached hydrogen (secondary N) is 1. The fourth-order valence-corrected chi connectivity index (χ4v) is 4.28. The van der Waals surface area contributed by atoms with E-state index >= 15 is 0 Å². The van der Waals surface area contributed by atoms with Crippen molar-refractivity contribution in [1.82, 2.24) is 15.1 Å². The summed E-state index contributed by atoms with van der Waals surface area (Å²) < 4.78 is 0. The summed E-state index contributed by atoms with van der Waals surface area (Å²) in [5.74, 6) is 0.203. The predicted octanol–water partition coefficient (Wildman–Crippen LogP) is 0.646. The average molecular weight is 296 g/mol. The van der Waals surface area contributed by atoms with Crippen LogP contribution in [0.4, 0.5) is 0 Å². The van der Waals surface area contributed by atoms with Gasteiger partial charge in [0, 0.05) is 12.6 Å². The molecule has 0 aromatic heterocycles. The Labute approximate surface area is 129 Å². The van der Waals surface area contributed by atoms with Gasteiger partial charge in [0.2, 0.25) is 5.91 Å². The molecule has 21 heavy (non-hydrogen) atoms. The van der Waals surface area contributed by atoms with Gasteiger partial charge in [-0.2, -0.15) is 0 Å². The second-order valence-electron chi connectivity index (χ2n) is 7.00. The molecule has 3 unspecified atom stereocenters. The van der Waals surface area contributed by atoms with Crippen molar-refractivity contribution in [2.24, 2.45) is 11.7 Å². The Hall–Kier alpha value is -0.650. The van der Waals surface area contributed by atoms with Crippen LogP contribution in [0, 0.1) is 5.92 Å². The number of primary amides is 1. The van der Waals surface area contributed by atoms with Gasteiger partial charge in [-0.1, -0.05) is 6.42 Å². The van der Waals surface area contributed by atoms with Crippen LogP contribution in [0.25, 0.3) is 0 Å². The second kappa shape index (κ2) is 7.07. The lowest BCUT2D eigenvalue weighted by atomic mass is 9.84. The van der Waals surface area contributed by atoms with E-state index in [0.29, 0.717) is 12.0 Å². The Kier molecular flexibility index (Phi) is 5.63. The quantitative estimate of drug-likeness (QED) is 0.724. The second-order valence-corrected chi connectivity index (χ2v) is 7.00. The van der Waals surface area contributed by atoms with Gasteiger partial charge in [0.1, 0.15) is 5.54 Å². The molecular weight excluding hydrogens is 264 g/mol. The lowest BCUT2D eigenvalue weighted by molar-refractivity contribution is -0.125. The average Bonchev–Trinajstić information content (AvgIpc) is 3.04. The van der Waals surface area contributed by atoms with E-state index in [1.807, 2.05) is 7.05 Å². The van der Waals surface area contributed by atoms with E-state index in [0.717, 1.165) is 38.8 Å². The number of nitrogens with zero attached hydrogens (tertiary/aromatic N) is 2. The molecule has 0 aromatic rings. The summed E-state index contributed by atoms with van der Waals surface area (Å²) >= 11 is 0. The molecule has 3 N–H and O–H groups in total. The first-order valence-corrected chi connectivity index (χ1v) is 8.37. The first kappa shape index (κ1) is 16.7. The van der Waals surface area contributed by atoms with E-state index in [9.17, 15) is 4.79 Å². The minimum atomic E-state index is -0.467. The van der Waals surface area contributed by atoms with Crippen LogP contribution in [-0.4, -0.2) is 68.1 Å². The third kappa shape index (κ3) is 3.58. The molecule has 2 aliphatic rings. The van der Waals surface area contributed by atoms with Crippen molar-refractivity contribution in [2.75, 3.05) is 40.8 Å². The maximum atomic E-state index is 11.9. The van der Waals surface area contributed by atoms with Gasteiger partial charge >= 0.3 is 0 Å². The third-order valence-electron chi connectivity index (χ3n) is 5.76. The molecule has 1 saturated heterocycles. The lowest BCUT2D eigenvalue weighted by Gasteiger charge is -2.34. The summed E-state index contributed by atoms with van der Waals surface area (Å²) in [4.78, 5) is 16.8. The van der Waals surface area contributed by atoms with Gasteiger partial charge in [-0.3, -0.25) is 4.79 Å². The number of nitrogens with two attached hydrogens (primary N) is 1. The predicted molar refractivity (Wildman–Crippen MR) is 86.1 cm³/mol. The van der Waals surface area contributed by atoms with Crippen LogP contribution in [0.1, 0.15) is 38.5 Å². The molecule has 0 bridgehead atoms. The molecule has 1 heterocycles. The Morgan fingerprint density at radius 2 is 2.19 bits per heavy atom. The van der Waals surface area contributed by atoms with Crippen molar-refractivity contribution in [1.29, 1.82) is 0 Å². The number of hydrogen-bond donors (Lipinski definition) is 2. The summed E-state index contributed by atoms with van der Waals surface area (Å²) in [6, 6.07) is 0.698. The maximum Gasteiger partial charge on any atom is 0.238 e. The third-order valence-corrected chi connectivity index (χ3v) is 5.76. The van der Waals surface area contributed by atoms with E-state index in [2.05, 4.69) is 29.2 Å². The molecule has 1 aliphatic heterocycles. The highest BCUT2D eigenvalue weighted by Gasteiger charge is 2.46. The van der Waals surface area contributed by atoms with Crippen molar-refractivity contribution in [3.05, 3.63) is 0 Å². The summed E-state index contributed by atoms with van der Waals surface area (Å²) in [7, 11) is 6.30. The van der Waals surface area contributed by atoms with Gasteiger partial charge in [0.25, 0.3) is 0 Å². The van der Waals surface area contributed by atoms with E-state index in [4.69, 9.17) is 5.73 Å². The van der Waals surface area contributed by atoms with Crippen LogP contribution in [-0.2, 0) is 4.79 Å². The van der Waals surface area contributed by atoms with Crippen molar-refractivity contribution in [3.8, 4) is 0 Å². The van der Waals surface area contributed by atoms with Gasteiger partial charge in [-0.05, 0) is 72.3 Å². The maximum absolute atomic E-state index is 11.9. The van der Waals surface area contributed by atoms with Gasteiger partial charge in [-0.25, -0.2) is 0 Å². The zero-order valence-corrected chi connectivity index (χ0v) is 13.9. The van der Waals surface area contributed by atoms with Crippen LogP contribution in [0.2, 0.25) is 0 Å². The number of likely N-dealkylation sites (tertiary alicyclic amines) is 1. The molecule has 1 amide bonds. The highest BCUT2D eigenvalue weighted by atomic mass is 16.1. The van der Waals surface area contributed by atoms with E-state index in [1.165, 1.54) is 19.4 Å². The van der Waals surface area contributed by atoms with E-state index in [-0.39, 0.29) is 5.91 Å². The minimum absolute atomic E-state index is 0.175. The van der Waals surface area contributed by atoms with Crippen LogP contribution >= 0.6 is 0 Å². The van der Waals surface area contributed by atoms with Crippen LogP contribution in [0.5, 0.6) is 0 Å². The van der Waals surface area contributed by atoms with E-state index < -0.39 is 5.54 Å². The number of rotatable bonds is 7. The molecule has 0 aromatic carbocycles. The first-order valence-electron chi connectivity index (χ1n) is 8.37. The number of carbonyl (C=O) groups is 1. The molecule has 3 atom stereocenters. The van der Waals surface area contributed by atoms with Crippen molar-refractivity contribution in [2.45, 2.75) is 50.1 Å². The fourth-order valence-electron chi connectivity index (χ4n) is 4.28. The smallest absolute Gasteiger partial charge is 0.238 e. The molecule has 2 fully saturated rings. The molecule has 1 saturated carbocycles. The number of amides is 1. The molecule has 2 rings (SSSR count). The molecule has 1 aliphatic carbocycles.